The van der Waals surface area contributed by atoms with Crippen LogP contribution in [0.1, 0.15) is 5.56 Å². The summed E-state index contributed by atoms with van der Waals surface area (Å²) in [6, 6.07) is 33.2. The first-order valence-corrected chi connectivity index (χ1v) is 13.6. The van der Waals surface area contributed by atoms with Crippen LogP contribution in [0.5, 0.6) is 0 Å². The number of benzene rings is 4. The van der Waals surface area contributed by atoms with Crippen molar-refractivity contribution in [2.45, 2.75) is 13.1 Å². The van der Waals surface area contributed by atoms with Crippen LogP contribution in [-0.2, 0) is 0 Å². The second-order valence-electron chi connectivity index (χ2n) is 8.50. The fraction of sp³-hybridized carbons (Fsp3) is 0.0714. The number of anilines is 3. The predicted molar refractivity (Wildman–Crippen MR) is 134 cm³/mol. The molecule has 1 aliphatic rings. The highest BCUT2D eigenvalue weighted by atomic mass is 28.3. The van der Waals surface area contributed by atoms with Gasteiger partial charge in [0.25, 0.3) is 0 Å². The molecule has 0 saturated heterocycles. The highest BCUT2D eigenvalue weighted by Gasteiger charge is 2.38. The van der Waals surface area contributed by atoms with E-state index in [-0.39, 0.29) is 0 Å². The van der Waals surface area contributed by atoms with Gasteiger partial charge in [0, 0.05) is 17.1 Å². The molecule has 4 aromatic carbocycles. The minimum Gasteiger partial charge on any atom is -0.311 e. The standard InChI is InChI=1S/C28H21N3Si/c1-30-22-15-12-21(19-29)24(18-22)20-13-16-23(17-14-20)31-25-8-4-6-10-27(25)32(2,3)28-11-7-5-9-26(28)31/h4-18H,2-3H3. The molecule has 4 aromatic rings. The van der Waals surface area contributed by atoms with Crippen LogP contribution < -0.4 is 15.3 Å². The number of nitriles is 1. The van der Waals surface area contributed by atoms with E-state index in [1.807, 2.05) is 12.1 Å². The summed E-state index contributed by atoms with van der Waals surface area (Å²) in [4.78, 5) is 5.86. The molecule has 0 fully saturated rings. The highest BCUT2D eigenvalue weighted by Crippen LogP contribution is 2.39. The van der Waals surface area contributed by atoms with Crippen LogP contribution in [-0.4, -0.2) is 8.07 Å². The van der Waals surface area contributed by atoms with E-state index >= 15 is 0 Å². The van der Waals surface area contributed by atoms with Gasteiger partial charge >= 0.3 is 0 Å². The summed E-state index contributed by atoms with van der Waals surface area (Å²) in [6.45, 7) is 12.1. The van der Waals surface area contributed by atoms with Crippen molar-refractivity contribution in [2.75, 3.05) is 4.90 Å². The molecule has 0 unspecified atom stereocenters. The Balaban J connectivity index is 1.65. The molecule has 32 heavy (non-hydrogen) atoms. The number of hydrogen-bond donors (Lipinski definition) is 0. The van der Waals surface area contributed by atoms with Crippen molar-refractivity contribution in [1.29, 1.82) is 5.26 Å². The molecular formula is C28H21N3Si. The molecule has 0 saturated carbocycles. The van der Waals surface area contributed by atoms with Crippen molar-refractivity contribution in [3.05, 3.63) is 108 Å². The number of fused-ring (bicyclic) bond motifs is 2. The Morgan fingerprint density at radius 3 is 1.97 bits per heavy atom. The molecule has 0 spiro atoms. The Hall–Kier alpha value is -4.12. The van der Waals surface area contributed by atoms with E-state index in [0.29, 0.717) is 11.3 Å². The van der Waals surface area contributed by atoms with E-state index in [0.717, 1.165) is 16.8 Å². The number of hydrogen-bond acceptors (Lipinski definition) is 2. The Morgan fingerprint density at radius 2 is 1.41 bits per heavy atom. The summed E-state index contributed by atoms with van der Waals surface area (Å²) in [5.74, 6) is 0. The maximum Gasteiger partial charge on any atom is 0.187 e. The molecule has 0 amide bonds. The maximum absolute atomic E-state index is 9.54. The molecule has 0 N–H and O–H groups in total. The minimum atomic E-state index is -1.80. The minimum absolute atomic E-state index is 0.536. The quantitative estimate of drug-likeness (QED) is 0.274. The van der Waals surface area contributed by atoms with Crippen molar-refractivity contribution >= 4 is 41.2 Å². The smallest absolute Gasteiger partial charge is 0.187 e. The van der Waals surface area contributed by atoms with Crippen molar-refractivity contribution in [2.24, 2.45) is 0 Å². The monoisotopic (exact) mass is 427 g/mol. The maximum atomic E-state index is 9.54. The van der Waals surface area contributed by atoms with Crippen molar-refractivity contribution in [3.63, 3.8) is 0 Å². The molecule has 0 bridgehead atoms. The Labute approximate surface area is 189 Å². The van der Waals surface area contributed by atoms with Crippen molar-refractivity contribution in [3.8, 4) is 17.2 Å². The largest absolute Gasteiger partial charge is 0.311 e. The third kappa shape index (κ3) is 3.02. The highest BCUT2D eigenvalue weighted by molar-refractivity contribution is 7.02. The van der Waals surface area contributed by atoms with Gasteiger partial charge in [0.15, 0.2) is 5.69 Å². The third-order valence-corrected chi connectivity index (χ3v) is 9.86. The summed E-state index contributed by atoms with van der Waals surface area (Å²) in [5, 5.41) is 12.4. The average Bonchev–Trinajstić information content (AvgIpc) is 2.84. The molecule has 1 heterocycles. The molecule has 0 aromatic heterocycles. The van der Waals surface area contributed by atoms with E-state index in [1.165, 1.54) is 21.7 Å². The zero-order valence-corrected chi connectivity index (χ0v) is 19.0. The van der Waals surface area contributed by atoms with Crippen molar-refractivity contribution in [1.82, 2.24) is 0 Å². The number of rotatable bonds is 2. The van der Waals surface area contributed by atoms with Gasteiger partial charge in [-0.25, -0.2) is 4.85 Å². The molecule has 0 radical (unpaired) electrons. The molecular weight excluding hydrogens is 406 g/mol. The number of nitrogens with zero attached hydrogens (tertiary/aromatic N) is 3. The lowest BCUT2D eigenvalue weighted by Gasteiger charge is -2.41. The zero-order chi connectivity index (χ0) is 22.3. The van der Waals surface area contributed by atoms with Crippen LogP contribution in [0, 0.1) is 17.9 Å². The van der Waals surface area contributed by atoms with E-state index in [4.69, 9.17) is 6.57 Å². The molecule has 4 heteroatoms. The summed E-state index contributed by atoms with van der Waals surface area (Å²) >= 11 is 0. The molecule has 3 nitrogen and oxygen atoms in total. The number of para-hydroxylation sites is 2. The first kappa shape index (κ1) is 19.8. The SMILES string of the molecule is [C-]#[N+]c1ccc(C#N)c(-c2ccc(N3c4ccccc4[Si](C)(C)c4ccccc43)cc2)c1. The van der Waals surface area contributed by atoms with E-state index < -0.39 is 8.07 Å². The van der Waals surface area contributed by atoms with Gasteiger partial charge in [0.1, 0.15) is 8.07 Å². The summed E-state index contributed by atoms with van der Waals surface area (Å²) in [5.41, 5.74) is 6.40. The third-order valence-electron chi connectivity index (χ3n) is 6.33. The molecule has 5 rings (SSSR count). The second kappa shape index (κ2) is 7.53. The van der Waals surface area contributed by atoms with Crippen LogP contribution in [0.25, 0.3) is 16.0 Å². The van der Waals surface area contributed by atoms with Gasteiger partial charge in [0.05, 0.1) is 18.2 Å². The molecule has 1 aliphatic heterocycles. The lowest BCUT2D eigenvalue weighted by atomic mass is 9.99. The van der Waals surface area contributed by atoms with Crippen LogP contribution in [0.3, 0.4) is 0 Å². The van der Waals surface area contributed by atoms with Gasteiger partial charge in [-0.2, -0.15) is 5.26 Å². The van der Waals surface area contributed by atoms with E-state index in [1.54, 1.807) is 18.2 Å². The van der Waals surface area contributed by atoms with Crippen LogP contribution in [0.2, 0.25) is 13.1 Å². The van der Waals surface area contributed by atoms with Gasteiger partial charge in [0.2, 0.25) is 0 Å². The Bertz CT molecular complexity index is 1370. The van der Waals surface area contributed by atoms with Gasteiger partial charge in [-0.3, -0.25) is 0 Å². The summed E-state index contributed by atoms with van der Waals surface area (Å²) < 4.78 is 0. The van der Waals surface area contributed by atoms with Crippen LogP contribution in [0.15, 0.2) is 91.0 Å². The second-order valence-corrected chi connectivity index (χ2v) is 12.8. The predicted octanol–water partition coefficient (Wildman–Crippen LogP) is 6.38. The fourth-order valence-corrected chi connectivity index (χ4v) is 7.66. The molecule has 0 aliphatic carbocycles. The fourth-order valence-electron chi connectivity index (χ4n) is 4.68. The molecule has 152 valence electrons. The van der Waals surface area contributed by atoms with Crippen LogP contribution >= 0.6 is 0 Å². The van der Waals surface area contributed by atoms with Crippen LogP contribution in [0.4, 0.5) is 22.7 Å². The normalized spacial score (nSPS) is 13.4. The summed E-state index contributed by atoms with van der Waals surface area (Å²) in [6.07, 6.45) is 0. The van der Waals surface area contributed by atoms with Gasteiger partial charge < -0.3 is 4.90 Å². The average molecular weight is 428 g/mol. The molecule has 0 atom stereocenters. The lowest BCUT2D eigenvalue weighted by Crippen LogP contribution is -2.58. The van der Waals surface area contributed by atoms with E-state index in [9.17, 15) is 5.26 Å². The first-order chi connectivity index (χ1) is 15.5. The van der Waals surface area contributed by atoms with Gasteiger partial charge in [-0.1, -0.05) is 73.8 Å². The Kier molecular flexibility index (Phi) is 4.67. The lowest BCUT2D eigenvalue weighted by molar-refractivity contribution is 1.29. The van der Waals surface area contributed by atoms with Gasteiger partial charge in [-0.15, -0.1) is 0 Å². The van der Waals surface area contributed by atoms with Crippen molar-refractivity contribution < 1.29 is 0 Å². The summed E-state index contributed by atoms with van der Waals surface area (Å²) in [7, 11) is -1.80. The van der Waals surface area contributed by atoms with E-state index in [2.05, 4.69) is 89.6 Å². The Morgan fingerprint density at radius 1 is 0.812 bits per heavy atom. The zero-order valence-electron chi connectivity index (χ0n) is 18.0. The first-order valence-electron chi connectivity index (χ1n) is 10.6. The van der Waals surface area contributed by atoms with Gasteiger partial charge in [-0.05, 0) is 51.8 Å². The topological polar surface area (TPSA) is 31.4 Å².